The molecule has 0 aliphatic carbocycles. The van der Waals surface area contributed by atoms with E-state index in [1.165, 1.54) is 31.4 Å². The lowest BCUT2D eigenvalue weighted by atomic mass is 10.2. The van der Waals surface area contributed by atoms with Crippen LogP contribution in [0.1, 0.15) is 5.56 Å². The number of methoxy groups -OCH3 is 1. The van der Waals surface area contributed by atoms with Crippen LogP contribution in [0.15, 0.2) is 28.8 Å². The first kappa shape index (κ1) is 10.5. The molecule has 0 N–H and O–H groups in total. The molecular weight excluding hydrogens is 208 g/mol. The SMILES string of the molecule is CO/C(=N\Cl)c1ccc([N+](=O)[O-])cc1. The molecule has 1 aromatic rings. The van der Waals surface area contributed by atoms with E-state index in [0.717, 1.165) is 0 Å². The van der Waals surface area contributed by atoms with Gasteiger partial charge in [0.2, 0.25) is 5.90 Å². The highest BCUT2D eigenvalue weighted by atomic mass is 35.5. The molecule has 74 valence electrons. The second kappa shape index (κ2) is 4.57. The van der Waals surface area contributed by atoms with Crippen LogP contribution in [0.2, 0.25) is 0 Å². The van der Waals surface area contributed by atoms with Gasteiger partial charge < -0.3 is 4.74 Å². The molecule has 0 saturated heterocycles. The van der Waals surface area contributed by atoms with Crippen LogP contribution in [0.4, 0.5) is 5.69 Å². The molecule has 1 aromatic carbocycles. The molecular formula is C8H7ClN2O3. The Morgan fingerprint density at radius 1 is 1.50 bits per heavy atom. The zero-order valence-corrected chi connectivity index (χ0v) is 8.06. The van der Waals surface area contributed by atoms with Gasteiger partial charge in [-0.15, -0.1) is 4.51 Å². The van der Waals surface area contributed by atoms with Crippen LogP contribution in [0, 0.1) is 10.1 Å². The second-order valence-electron chi connectivity index (χ2n) is 2.40. The predicted octanol–water partition coefficient (Wildman–Crippen LogP) is 2.14. The van der Waals surface area contributed by atoms with Gasteiger partial charge in [-0.2, -0.15) is 0 Å². The first-order valence-corrected chi connectivity index (χ1v) is 4.00. The Morgan fingerprint density at radius 2 is 2.07 bits per heavy atom. The number of halogens is 1. The lowest BCUT2D eigenvalue weighted by molar-refractivity contribution is -0.384. The monoisotopic (exact) mass is 214 g/mol. The zero-order chi connectivity index (χ0) is 10.6. The van der Waals surface area contributed by atoms with E-state index in [1.807, 2.05) is 0 Å². The quantitative estimate of drug-likeness (QED) is 0.328. The summed E-state index contributed by atoms with van der Waals surface area (Å²) in [6.45, 7) is 0. The van der Waals surface area contributed by atoms with Crippen molar-refractivity contribution in [1.29, 1.82) is 0 Å². The lowest BCUT2D eigenvalue weighted by Crippen LogP contribution is -2.01. The first-order valence-electron chi connectivity index (χ1n) is 3.67. The van der Waals surface area contributed by atoms with Gasteiger partial charge >= 0.3 is 0 Å². The van der Waals surface area contributed by atoms with Gasteiger partial charge in [0.1, 0.15) is 0 Å². The fourth-order valence-electron chi connectivity index (χ4n) is 0.927. The number of hydrogen-bond donors (Lipinski definition) is 0. The third kappa shape index (κ3) is 2.20. The van der Waals surface area contributed by atoms with Crippen molar-refractivity contribution < 1.29 is 9.66 Å². The van der Waals surface area contributed by atoms with Crippen LogP contribution >= 0.6 is 11.8 Å². The molecule has 0 saturated carbocycles. The summed E-state index contributed by atoms with van der Waals surface area (Å²) in [5.41, 5.74) is 0.604. The molecule has 0 aliphatic rings. The lowest BCUT2D eigenvalue weighted by Gasteiger charge is -2.01. The summed E-state index contributed by atoms with van der Waals surface area (Å²) in [4.78, 5) is 9.86. The van der Waals surface area contributed by atoms with Crippen molar-refractivity contribution in [2.75, 3.05) is 7.11 Å². The summed E-state index contributed by atoms with van der Waals surface area (Å²) in [6, 6.07) is 5.75. The third-order valence-corrected chi connectivity index (χ3v) is 1.75. The van der Waals surface area contributed by atoms with Gasteiger partial charge in [-0.3, -0.25) is 10.1 Å². The highest BCUT2D eigenvalue weighted by molar-refractivity contribution is 6.21. The average molecular weight is 215 g/mol. The van der Waals surface area contributed by atoms with Crippen molar-refractivity contribution in [3.05, 3.63) is 39.9 Å². The second-order valence-corrected chi connectivity index (χ2v) is 2.57. The number of nitrogens with zero attached hydrogens (tertiary/aromatic N) is 2. The van der Waals surface area contributed by atoms with Crippen LogP contribution in [0.25, 0.3) is 0 Å². The topological polar surface area (TPSA) is 64.7 Å². The van der Waals surface area contributed by atoms with Crippen LogP contribution in [0.5, 0.6) is 0 Å². The normalized spacial score (nSPS) is 11.1. The molecule has 0 spiro atoms. The number of ether oxygens (including phenoxy) is 1. The number of rotatable bonds is 2. The van der Waals surface area contributed by atoms with Gasteiger partial charge in [-0.25, -0.2) is 0 Å². The maximum Gasteiger partial charge on any atom is 0.269 e. The molecule has 14 heavy (non-hydrogen) atoms. The summed E-state index contributed by atoms with van der Waals surface area (Å²) >= 11 is 5.23. The zero-order valence-electron chi connectivity index (χ0n) is 7.31. The van der Waals surface area contributed by atoms with Crippen molar-refractivity contribution >= 4 is 23.4 Å². The predicted molar refractivity (Wildman–Crippen MR) is 52.5 cm³/mol. The van der Waals surface area contributed by atoms with Crippen molar-refractivity contribution in [2.45, 2.75) is 0 Å². The van der Waals surface area contributed by atoms with E-state index in [9.17, 15) is 10.1 Å². The van der Waals surface area contributed by atoms with Gasteiger partial charge in [0.05, 0.1) is 12.0 Å². The Hall–Kier alpha value is -1.62. The Labute approximate surface area is 85.2 Å². The van der Waals surface area contributed by atoms with E-state index in [4.69, 9.17) is 16.5 Å². The van der Waals surface area contributed by atoms with Crippen molar-refractivity contribution in [1.82, 2.24) is 0 Å². The minimum Gasteiger partial charge on any atom is -0.480 e. The van der Waals surface area contributed by atoms with E-state index >= 15 is 0 Å². The van der Waals surface area contributed by atoms with E-state index in [-0.39, 0.29) is 11.6 Å². The molecule has 0 radical (unpaired) electrons. The summed E-state index contributed by atoms with van der Waals surface area (Å²) in [6.07, 6.45) is 0. The van der Waals surface area contributed by atoms with E-state index in [1.54, 1.807) is 0 Å². The third-order valence-electron chi connectivity index (χ3n) is 1.60. The largest absolute Gasteiger partial charge is 0.480 e. The number of benzene rings is 1. The smallest absolute Gasteiger partial charge is 0.269 e. The molecule has 0 heterocycles. The molecule has 5 nitrogen and oxygen atoms in total. The van der Waals surface area contributed by atoms with Crippen LogP contribution in [-0.4, -0.2) is 17.9 Å². The molecule has 0 bridgehead atoms. The van der Waals surface area contributed by atoms with E-state index < -0.39 is 4.92 Å². The van der Waals surface area contributed by atoms with Gasteiger partial charge in [-0.1, -0.05) is 0 Å². The van der Waals surface area contributed by atoms with Gasteiger partial charge in [0.15, 0.2) is 0 Å². The van der Waals surface area contributed by atoms with Crippen molar-refractivity contribution in [3.63, 3.8) is 0 Å². The maximum absolute atomic E-state index is 10.3. The van der Waals surface area contributed by atoms with Crippen LogP contribution < -0.4 is 0 Å². The van der Waals surface area contributed by atoms with Crippen LogP contribution in [0.3, 0.4) is 0 Å². The summed E-state index contributed by atoms with van der Waals surface area (Å²) in [7, 11) is 1.42. The van der Waals surface area contributed by atoms with Crippen molar-refractivity contribution in [3.8, 4) is 0 Å². The highest BCUT2D eigenvalue weighted by Gasteiger charge is 2.07. The molecule has 0 aromatic heterocycles. The van der Waals surface area contributed by atoms with Gasteiger partial charge in [-0.05, 0) is 12.1 Å². The molecule has 0 aliphatic heterocycles. The minimum absolute atomic E-state index is 0.0128. The molecule has 0 atom stereocenters. The van der Waals surface area contributed by atoms with E-state index in [0.29, 0.717) is 5.56 Å². The molecule has 0 amide bonds. The number of nitro groups is 1. The summed E-state index contributed by atoms with van der Waals surface area (Å²) in [5, 5.41) is 10.3. The number of nitro benzene ring substituents is 1. The summed E-state index contributed by atoms with van der Waals surface area (Å²) < 4.78 is 8.18. The number of hydrogen-bond acceptors (Lipinski definition) is 4. The maximum atomic E-state index is 10.3. The average Bonchev–Trinajstić information content (AvgIpc) is 2.20. The molecule has 0 fully saturated rings. The Bertz CT molecular complexity index is 361. The Balaban J connectivity index is 2.99. The molecule has 6 heteroatoms. The van der Waals surface area contributed by atoms with Crippen molar-refractivity contribution in [2.24, 2.45) is 4.51 Å². The molecule has 0 unspecified atom stereocenters. The first-order chi connectivity index (χ1) is 6.69. The Morgan fingerprint density at radius 3 is 2.43 bits per heavy atom. The fraction of sp³-hybridized carbons (Fsp3) is 0.125. The summed E-state index contributed by atoms with van der Waals surface area (Å²) in [5.74, 6) is 0.224. The molecule has 1 rings (SSSR count). The van der Waals surface area contributed by atoms with E-state index in [2.05, 4.69) is 4.51 Å². The number of non-ortho nitro benzene ring substituents is 1. The standard InChI is InChI=1S/C8H7ClN2O3/c1-14-8(10-9)6-2-4-7(5-3-6)11(12)13/h2-5H,1H3/b10-8-. The highest BCUT2D eigenvalue weighted by Crippen LogP contribution is 2.13. The van der Waals surface area contributed by atoms with Crippen LogP contribution in [-0.2, 0) is 4.74 Å². The minimum atomic E-state index is -0.478. The Kier molecular flexibility index (Phi) is 3.41. The van der Waals surface area contributed by atoms with Gasteiger partial charge in [0.25, 0.3) is 5.69 Å². The van der Waals surface area contributed by atoms with Gasteiger partial charge in [0, 0.05) is 29.5 Å². The fourth-order valence-corrected chi connectivity index (χ4v) is 1.09.